The molecule has 80 valence electrons. The zero-order chi connectivity index (χ0) is 11.5. The maximum absolute atomic E-state index is 12.0. The number of aromatic nitrogens is 2. The third-order valence-corrected chi connectivity index (χ3v) is 2.26. The molecule has 2 N–H and O–H groups in total. The molecule has 2 heterocycles. The molecule has 0 radical (unpaired) electrons. The van der Waals surface area contributed by atoms with Gasteiger partial charge in [-0.2, -0.15) is 0 Å². The molecular weight excluding hydrogens is 226 g/mol. The summed E-state index contributed by atoms with van der Waals surface area (Å²) in [5, 5.41) is 0.376. The van der Waals surface area contributed by atoms with E-state index in [1.165, 1.54) is 18.5 Å². The van der Waals surface area contributed by atoms with Gasteiger partial charge in [0.25, 0.3) is 0 Å². The van der Waals surface area contributed by atoms with Crippen LogP contribution in [0.4, 0.5) is 5.82 Å². The van der Waals surface area contributed by atoms with Gasteiger partial charge in [0.2, 0.25) is 0 Å². The molecule has 0 fully saturated rings. The highest BCUT2D eigenvalue weighted by atomic mass is 35.5. The van der Waals surface area contributed by atoms with E-state index in [9.17, 15) is 4.79 Å². The molecule has 0 aliphatic carbocycles. The standard InChI is InChI=1S/C11H8ClN3O/c12-8-4-9(11(13)15-6-8)10(16)7-2-1-3-14-5-7/h1-6H,(H2,13,15). The lowest BCUT2D eigenvalue weighted by atomic mass is 10.1. The Morgan fingerprint density at radius 2 is 2.19 bits per heavy atom. The second-order valence-electron chi connectivity index (χ2n) is 3.16. The van der Waals surface area contributed by atoms with E-state index in [2.05, 4.69) is 9.97 Å². The van der Waals surface area contributed by atoms with Gasteiger partial charge in [-0.15, -0.1) is 0 Å². The van der Waals surface area contributed by atoms with Crippen LogP contribution >= 0.6 is 11.6 Å². The van der Waals surface area contributed by atoms with Crippen LogP contribution in [0.25, 0.3) is 0 Å². The molecule has 0 aromatic carbocycles. The molecule has 0 spiro atoms. The third-order valence-electron chi connectivity index (χ3n) is 2.05. The number of ketones is 1. The lowest BCUT2D eigenvalue weighted by Gasteiger charge is -2.03. The van der Waals surface area contributed by atoms with E-state index >= 15 is 0 Å². The molecule has 5 heteroatoms. The number of nitrogens with zero attached hydrogens (tertiary/aromatic N) is 2. The third kappa shape index (κ3) is 2.01. The van der Waals surface area contributed by atoms with Gasteiger partial charge in [-0.3, -0.25) is 9.78 Å². The number of hydrogen-bond acceptors (Lipinski definition) is 4. The molecule has 2 rings (SSSR count). The lowest BCUT2D eigenvalue weighted by molar-refractivity contribution is 0.103. The number of nitrogen functional groups attached to an aromatic ring is 1. The molecule has 0 bridgehead atoms. The Bertz CT molecular complexity index is 528. The Kier molecular flexibility index (Phi) is 2.83. The molecule has 0 saturated carbocycles. The zero-order valence-corrected chi connectivity index (χ0v) is 8.98. The summed E-state index contributed by atoms with van der Waals surface area (Å²) >= 11 is 5.76. The number of hydrogen-bond donors (Lipinski definition) is 1. The maximum Gasteiger partial charge on any atom is 0.198 e. The Hall–Kier alpha value is -1.94. The van der Waals surface area contributed by atoms with Crippen LogP contribution in [0.1, 0.15) is 15.9 Å². The average molecular weight is 234 g/mol. The van der Waals surface area contributed by atoms with Crippen molar-refractivity contribution in [1.29, 1.82) is 0 Å². The van der Waals surface area contributed by atoms with Gasteiger partial charge in [-0.25, -0.2) is 4.98 Å². The van der Waals surface area contributed by atoms with Crippen LogP contribution in [0.2, 0.25) is 5.02 Å². The quantitative estimate of drug-likeness (QED) is 0.805. The monoisotopic (exact) mass is 233 g/mol. The van der Waals surface area contributed by atoms with Crippen molar-refractivity contribution in [3.8, 4) is 0 Å². The molecule has 16 heavy (non-hydrogen) atoms. The lowest BCUT2D eigenvalue weighted by Crippen LogP contribution is -2.07. The molecule has 4 nitrogen and oxygen atoms in total. The van der Waals surface area contributed by atoms with Crippen molar-refractivity contribution in [2.45, 2.75) is 0 Å². The zero-order valence-electron chi connectivity index (χ0n) is 8.22. The second kappa shape index (κ2) is 4.28. The number of carbonyl (C=O) groups excluding carboxylic acids is 1. The molecular formula is C11H8ClN3O. The fourth-order valence-electron chi connectivity index (χ4n) is 1.28. The van der Waals surface area contributed by atoms with E-state index in [1.54, 1.807) is 18.3 Å². The molecule has 0 aliphatic rings. The van der Waals surface area contributed by atoms with Gasteiger partial charge in [-0.05, 0) is 18.2 Å². The van der Waals surface area contributed by atoms with E-state index in [0.29, 0.717) is 16.1 Å². The topological polar surface area (TPSA) is 68.9 Å². The molecule has 0 aliphatic heterocycles. The first-order valence-electron chi connectivity index (χ1n) is 4.54. The fraction of sp³-hybridized carbons (Fsp3) is 0. The number of anilines is 1. The van der Waals surface area contributed by atoms with Crippen molar-refractivity contribution in [2.24, 2.45) is 0 Å². The number of carbonyl (C=O) groups is 1. The predicted molar refractivity (Wildman–Crippen MR) is 61.3 cm³/mol. The largest absolute Gasteiger partial charge is 0.383 e. The van der Waals surface area contributed by atoms with Crippen molar-refractivity contribution in [2.75, 3.05) is 5.73 Å². The van der Waals surface area contributed by atoms with Gasteiger partial charge < -0.3 is 5.73 Å². The number of rotatable bonds is 2. The van der Waals surface area contributed by atoms with Gasteiger partial charge >= 0.3 is 0 Å². The Morgan fingerprint density at radius 3 is 2.88 bits per heavy atom. The Morgan fingerprint density at radius 1 is 1.38 bits per heavy atom. The van der Waals surface area contributed by atoms with Gasteiger partial charge in [0.05, 0.1) is 10.6 Å². The normalized spacial score (nSPS) is 10.1. The summed E-state index contributed by atoms with van der Waals surface area (Å²) in [7, 11) is 0. The minimum atomic E-state index is -0.236. The van der Waals surface area contributed by atoms with Crippen molar-refractivity contribution in [3.63, 3.8) is 0 Å². The highest BCUT2D eigenvalue weighted by Crippen LogP contribution is 2.18. The van der Waals surface area contributed by atoms with Crippen LogP contribution in [0.5, 0.6) is 0 Å². The van der Waals surface area contributed by atoms with Crippen LogP contribution in [-0.2, 0) is 0 Å². The first kappa shape index (κ1) is 10.6. The van der Waals surface area contributed by atoms with Crippen LogP contribution in [-0.4, -0.2) is 15.8 Å². The van der Waals surface area contributed by atoms with E-state index in [1.807, 2.05) is 0 Å². The minimum Gasteiger partial charge on any atom is -0.383 e. The SMILES string of the molecule is Nc1ncc(Cl)cc1C(=O)c1cccnc1. The van der Waals surface area contributed by atoms with Crippen molar-refractivity contribution < 1.29 is 4.79 Å². The number of pyridine rings is 2. The summed E-state index contributed by atoms with van der Waals surface area (Å²) in [4.78, 5) is 19.7. The van der Waals surface area contributed by atoms with Crippen molar-refractivity contribution >= 4 is 23.2 Å². The van der Waals surface area contributed by atoms with Gasteiger partial charge in [0.1, 0.15) is 5.82 Å². The summed E-state index contributed by atoms with van der Waals surface area (Å²) in [6.07, 6.45) is 4.47. The predicted octanol–water partition coefficient (Wildman–Crippen LogP) is 1.94. The smallest absolute Gasteiger partial charge is 0.198 e. The van der Waals surface area contributed by atoms with E-state index < -0.39 is 0 Å². The molecule has 0 unspecified atom stereocenters. The fourth-order valence-corrected chi connectivity index (χ4v) is 1.44. The molecule has 2 aromatic rings. The highest BCUT2D eigenvalue weighted by Gasteiger charge is 2.13. The molecule has 0 amide bonds. The number of halogens is 1. The van der Waals surface area contributed by atoms with E-state index in [0.717, 1.165) is 0 Å². The van der Waals surface area contributed by atoms with E-state index in [-0.39, 0.29) is 11.6 Å². The molecule has 0 atom stereocenters. The minimum absolute atomic E-state index is 0.165. The summed E-state index contributed by atoms with van der Waals surface area (Å²) in [6.45, 7) is 0. The summed E-state index contributed by atoms with van der Waals surface area (Å²) < 4.78 is 0. The summed E-state index contributed by atoms with van der Waals surface area (Å²) in [5.41, 5.74) is 6.37. The van der Waals surface area contributed by atoms with Crippen LogP contribution < -0.4 is 5.73 Å². The maximum atomic E-state index is 12.0. The first-order valence-corrected chi connectivity index (χ1v) is 4.92. The molecule has 2 aromatic heterocycles. The Labute approximate surface area is 97.1 Å². The average Bonchev–Trinajstić information content (AvgIpc) is 2.32. The van der Waals surface area contributed by atoms with Crippen molar-refractivity contribution in [3.05, 3.63) is 52.9 Å². The van der Waals surface area contributed by atoms with Crippen molar-refractivity contribution in [1.82, 2.24) is 9.97 Å². The number of nitrogens with two attached hydrogens (primary N) is 1. The van der Waals surface area contributed by atoms with Crippen LogP contribution in [0.3, 0.4) is 0 Å². The van der Waals surface area contributed by atoms with Gasteiger partial charge in [0, 0.05) is 24.2 Å². The Balaban J connectivity index is 2.46. The second-order valence-corrected chi connectivity index (χ2v) is 3.59. The first-order chi connectivity index (χ1) is 7.68. The van der Waals surface area contributed by atoms with Gasteiger partial charge in [0.15, 0.2) is 5.78 Å². The van der Waals surface area contributed by atoms with Gasteiger partial charge in [-0.1, -0.05) is 11.6 Å². The van der Waals surface area contributed by atoms with Crippen LogP contribution in [0.15, 0.2) is 36.8 Å². The summed E-state index contributed by atoms with van der Waals surface area (Å²) in [6, 6.07) is 4.84. The van der Waals surface area contributed by atoms with Crippen LogP contribution in [0, 0.1) is 0 Å². The summed E-state index contributed by atoms with van der Waals surface area (Å²) in [5.74, 6) is -0.0705. The highest BCUT2D eigenvalue weighted by molar-refractivity contribution is 6.31. The van der Waals surface area contributed by atoms with E-state index in [4.69, 9.17) is 17.3 Å². The molecule has 0 saturated heterocycles.